The molecule has 1 N–H and O–H groups in total. The van der Waals surface area contributed by atoms with Crippen LogP contribution in [0.25, 0.3) is 0 Å². The van der Waals surface area contributed by atoms with E-state index in [0.717, 1.165) is 32.0 Å². The van der Waals surface area contributed by atoms with E-state index in [1.54, 1.807) is 0 Å². The second-order valence-electron chi connectivity index (χ2n) is 4.48. The van der Waals surface area contributed by atoms with Crippen molar-refractivity contribution in [1.82, 2.24) is 14.8 Å². The number of rotatable bonds is 6. The largest absolute Gasteiger partial charge is 0.337 e. The highest BCUT2D eigenvalue weighted by Crippen LogP contribution is 2.15. The van der Waals surface area contributed by atoms with Crippen LogP contribution < -0.4 is 4.90 Å². The minimum Gasteiger partial charge on any atom is -0.337 e. The molecule has 0 aliphatic heterocycles. The van der Waals surface area contributed by atoms with E-state index in [0.29, 0.717) is 4.77 Å². The molecule has 0 unspecified atom stereocenters. The quantitative estimate of drug-likeness (QED) is 0.822. The van der Waals surface area contributed by atoms with Crippen molar-refractivity contribution in [2.75, 3.05) is 11.4 Å². The van der Waals surface area contributed by atoms with Gasteiger partial charge in [-0.2, -0.15) is 0 Å². The van der Waals surface area contributed by atoms with Gasteiger partial charge in [-0.25, -0.2) is 5.10 Å². The summed E-state index contributed by atoms with van der Waals surface area (Å²) in [5, 5.41) is 7.27. The number of nitrogens with one attached hydrogen (secondary N) is 1. The minimum atomic E-state index is 0.698. The SMILES string of the molecule is CCCn1c(N(CC)Cc2ccccc2)n[nH]c1=S. The van der Waals surface area contributed by atoms with Gasteiger partial charge in [-0.1, -0.05) is 37.3 Å². The molecule has 2 aromatic rings. The van der Waals surface area contributed by atoms with E-state index >= 15 is 0 Å². The van der Waals surface area contributed by atoms with Gasteiger partial charge in [0.15, 0.2) is 4.77 Å². The van der Waals surface area contributed by atoms with Crippen LogP contribution in [0.2, 0.25) is 0 Å². The second kappa shape index (κ2) is 6.52. The summed E-state index contributed by atoms with van der Waals surface area (Å²) in [6.45, 7) is 6.93. The number of aromatic nitrogens is 3. The number of hydrogen-bond acceptors (Lipinski definition) is 3. The average molecular weight is 276 g/mol. The van der Waals surface area contributed by atoms with Crippen molar-refractivity contribution in [1.29, 1.82) is 0 Å². The van der Waals surface area contributed by atoms with Gasteiger partial charge < -0.3 is 4.90 Å². The summed E-state index contributed by atoms with van der Waals surface area (Å²) in [4.78, 5) is 2.23. The first-order valence-electron chi connectivity index (χ1n) is 6.70. The highest BCUT2D eigenvalue weighted by Gasteiger charge is 2.13. The molecule has 2 rings (SSSR count). The zero-order valence-electron chi connectivity index (χ0n) is 11.5. The Labute approximate surface area is 119 Å². The molecular formula is C14H20N4S. The van der Waals surface area contributed by atoms with Gasteiger partial charge in [0, 0.05) is 19.6 Å². The lowest BCUT2D eigenvalue weighted by Gasteiger charge is -2.22. The highest BCUT2D eigenvalue weighted by molar-refractivity contribution is 7.71. The molecule has 0 fully saturated rings. The molecule has 19 heavy (non-hydrogen) atoms. The number of anilines is 1. The molecule has 0 saturated carbocycles. The molecule has 1 aromatic heterocycles. The van der Waals surface area contributed by atoms with E-state index < -0.39 is 0 Å². The average Bonchev–Trinajstić information content (AvgIpc) is 2.79. The van der Waals surface area contributed by atoms with Crippen LogP contribution in [-0.2, 0) is 13.1 Å². The molecule has 0 aliphatic rings. The monoisotopic (exact) mass is 276 g/mol. The summed E-state index contributed by atoms with van der Waals surface area (Å²) in [6, 6.07) is 10.4. The molecule has 5 heteroatoms. The number of H-pyrrole nitrogens is 1. The molecule has 1 aromatic carbocycles. The molecule has 4 nitrogen and oxygen atoms in total. The van der Waals surface area contributed by atoms with E-state index in [4.69, 9.17) is 12.2 Å². The Morgan fingerprint density at radius 3 is 2.63 bits per heavy atom. The molecule has 0 spiro atoms. The fourth-order valence-corrected chi connectivity index (χ4v) is 2.32. The van der Waals surface area contributed by atoms with Gasteiger partial charge in [0.25, 0.3) is 0 Å². The summed E-state index contributed by atoms with van der Waals surface area (Å²) >= 11 is 5.29. The Bertz CT molecular complexity index is 558. The van der Waals surface area contributed by atoms with Crippen LogP contribution in [0, 0.1) is 4.77 Å². The molecule has 0 amide bonds. The summed E-state index contributed by atoms with van der Waals surface area (Å²) in [6.07, 6.45) is 1.05. The Kier molecular flexibility index (Phi) is 4.74. The van der Waals surface area contributed by atoms with Crippen molar-refractivity contribution in [2.45, 2.75) is 33.4 Å². The maximum Gasteiger partial charge on any atom is 0.226 e. The maximum atomic E-state index is 5.29. The van der Waals surface area contributed by atoms with Gasteiger partial charge >= 0.3 is 0 Å². The van der Waals surface area contributed by atoms with Crippen LogP contribution in [0.4, 0.5) is 5.95 Å². The Morgan fingerprint density at radius 1 is 1.26 bits per heavy atom. The third kappa shape index (κ3) is 3.23. The molecular weight excluding hydrogens is 256 g/mol. The lowest BCUT2D eigenvalue weighted by molar-refractivity contribution is 0.644. The third-order valence-corrected chi connectivity index (χ3v) is 3.38. The Morgan fingerprint density at radius 2 is 2.00 bits per heavy atom. The van der Waals surface area contributed by atoms with Crippen LogP contribution in [0.3, 0.4) is 0 Å². The summed E-state index contributed by atoms with van der Waals surface area (Å²) in [7, 11) is 0. The van der Waals surface area contributed by atoms with Gasteiger partial charge in [-0.05, 0) is 31.1 Å². The number of aromatic amines is 1. The molecule has 0 aliphatic carbocycles. The normalized spacial score (nSPS) is 10.6. The fourth-order valence-electron chi connectivity index (χ4n) is 2.10. The summed E-state index contributed by atoms with van der Waals surface area (Å²) < 4.78 is 2.77. The van der Waals surface area contributed by atoms with Gasteiger partial charge in [0.1, 0.15) is 0 Å². The second-order valence-corrected chi connectivity index (χ2v) is 4.87. The maximum absolute atomic E-state index is 5.29. The lowest BCUT2D eigenvalue weighted by atomic mass is 10.2. The van der Waals surface area contributed by atoms with Crippen molar-refractivity contribution in [3.05, 3.63) is 40.7 Å². The smallest absolute Gasteiger partial charge is 0.226 e. The topological polar surface area (TPSA) is 36.9 Å². The number of benzene rings is 1. The first kappa shape index (κ1) is 13.8. The van der Waals surface area contributed by atoms with E-state index in [1.807, 2.05) is 6.07 Å². The van der Waals surface area contributed by atoms with Crippen molar-refractivity contribution < 1.29 is 0 Å². The Balaban J connectivity index is 2.25. The first-order chi connectivity index (χ1) is 9.26. The molecule has 1 heterocycles. The van der Waals surface area contributed by atoms with E-state index in [9.17, 15) is 0 Å². The first-order valence-corrected chi connectivity index (χ1v) is 7.11. The predicted molar refractivity (Wildman–Crippen MR) is 80.9 cm³/mol. The van der Waals surface area contributed by atoms with Crippen LogP contribution in [0.5, 0.6) is 0 Å². The van der Waals surface area contributed by atoms with Gasteiger partial charge in [0.05, 0.1) is 0 Å². The van der Waals surface area contributed by atoms with E-state index in [2.05, 4.69) is 57.8 Å². The van der Waals surface area contributed by atoms with Gasteiger partial charge in [-0.15, -0.1) is 5.10 Å². The van der Waals surface area contributed by atoms with Crippen molar-refractivity contribution >= 4 is 18.2 Å². The minimum absolute atomic E-state index is 0.698. The van der Waals surface area contributed by atoms with Crippen molar-refractivity contribution in [3.8, 4) is 0 Å². The Hall–Kier alpha value is -1.62. The number of nitrogens with zero attached hydrogens (tertiary/aromatic N) is 3. The zero-order chi connectivity index (χ0) is 13.7. The molecule has 0 atom stereocenters. The van der Waals surface area contributed by atoms with Crippen LogP contribution in [-0.4, -0.2) is 21.3 Å². The molecule has 102 valence electrons. The predicted octanol–water partition coefficient (Wildman–Crippen LogP) is 3.38. The fraction of sp³-hybridized carbons (Fsp3) is 0.429. The molecule has 0 bridgehead atoms. The lowest BCUT2D eigenvalue weighted by Crippen LogP contribution is -2.25. The molecule has 0 radical (unpaired) electrons. The van der Waals surface area contributed by atoms with Crippen molar-refractivity contribution in [2.24, 2.45) is 0 Å². The highest BCUT2D eigenvalue weighted by atomic mass is 32.1. The van der Waals surface area contributed by atoms with Crippen LogP contribution >= 0.6 is 12.2 Å². The summed E-state index contributed by atoms with van der Waals surface area (Å²) in [5.74, 6) is 0.929. The van der Waals surface area contributed by atoms with E-state index in [-0.39, 0.29) is 0 Å². The van der Waals surface area contributed by atoms with Crippen molar-refractivity contribution in [3.63, 3.8) is 0 Å². The van der Waals surface area contributed by atoms with Crippen LogP contribution in [0.1, 0.15) is 25.8 Å². The third-order valence-electron chi connectivity index (χ3n) is 3.07. The van der Waals surface area contributed by atoms with Gasteiger partial charge in [-0.3, -0.25) is 4.57 Å². The zero-order valence-corrected chi connectivity index (χ0v) is 12.3. The van der Waals surface area contributed by atoms with E-state index in [1.165, 1.54) is 5.56 Å². The number of hydrogen-bond donors (Lipinski definition) is 1. The van der Waals surface area contributed by atoms with Gasteiger partial charge in [0.2, 0.25) is 5.95 Å². The summed E-state index contributed by atoms with van der Waals surface area (Å²) in [5.41, 5.74) is 1.28. The standard InChI is InChI=1S/C14H20N4S/c1-3-10-18-13(15-16-14(18)19)17(4-2)11-12-8-6-5-7-9-12/h5-9H,3-4,10-11H2,1-2H3,(H,16,19). The molecule has 0 saturated heterocycles. The van der Waals surface area contributed by atoms with Crippen LogP contribution in [0.15, 0.2) is 30.3 Å².